The van der Waals surface area contributed by atoms with Crippen LogP contribution in [0.4, 0.5) is 0 Å². The van der Waals surface area contributed by atoms with Crippen molar-refractivity contribution in [1.29, 1.82) is 0 Å². The Hall–Kier alpha value is -1.65. The Bertz CT molecular complexity index is 635. The molecule has 0 aliphatic carbocycles. The fourth-order valence-electron chi connectivity index (χ4n) is 1.96. The van der Waals surface area contributed by atoms with Gasteiger partial charge in [0.05, 0.1) is 5.69 Å². The predicted octanol–water partition coefficient (Wildman–Crippen LogP) is 2.82. The largest absolute Gasteiger partial charge is 0.326 e. The Labute approximate surface area is 123 Å². The highest BCUT2D eigenvalue weighted by atomic mass is 35.5. The molecule has 0 saturated carbocycles. The van der Waals surface area contributed by atoms with Gasteiger partial charge in [-0.2, -0.15) is 5.10 Å². The number of unbranched alkanes of at least 4 members (excludes halogenated alkanes) is 1. The van der Waals surface area contributed by atoms with Gasteiger partial charge in [-0.25, -0.2) is 4.68 Å². The van der Waals surface area contributed by atoms with Gasteiger partial charge in [-0.1, -0.05) is 37.1 Å². The van der Waals surface area contributed by atoms with Crippen LogP contribution in [0.1, 0.15) is 25.3 Å². The van der Waals surface area contributed by atoms with Crippen molar-refractivity contribution in [2.75, 3.05) is 0 Å². The topological polar surface area (TPSA) is 60.9 Å². The van der Waals surface area contributed by atoms with Crippen LogP contribution in [0.25, 0.3) is 11.3 Å². The van der Waals surface area contributed by atoms with E-state index in [4.69, 9.17) is 17.3 Å². The molecule has 0 fully saturated rings. The molecule has 0 spiro atoms. The minimum atomic E-state index is -0.0985. The van der Waals surface area contributed by atoms with Gasteiger partial charge in [-0.05, 0) is 24.6 Å². The Kier molecular flexibility index (Phi) is 4.93. The van der Waals surface area contributed by atoms with Crippen LogP contribution in [0.15, 0.2) is 35.1 Å². The molecule has 5 heteroatoms. The van der Waals surface area contributed by atoms with Gasteiger partial charge < -0.3 is 5.73 Å². The molecular weight excluding hydrogens is 274 g/mol. The van der Waals surface area contributed by atoms with E-state index in [2.05, 4.69) is 12.0 Å². The van der Waals surface area contributed by atoms with Crippen LogP contribution in [0.3, 0.4) is 0 Å². The summed E-state index contributed by atoms with van der Waals surface area (Å²) in [5.74, 6) is 0. The van der Waals surface area contributed by atoms with Crippen LogP contribution in [0.2, 0.25) is 5.02 Å². The number of hydrogen-bond acceptors (Lipinski definition) is 3. The number of nitrogens with zero attached hydrogens (tertiary/aromatic N) is 2. The second-order valence-corrected chi connectivity index (χ2v) is 5.08. The van der Waals surface area contributed by atoms with E-state index in [0.29, 0.717) is 17.1 Å². The minimum Gasteiger partial charge on any atom is -0.326 e. The monoisotopic (exact) mass is 291 g/mol. The fourth-order valence-corrected chi connectivity index (χ4v) is 2.09. The molecule has 2 aromatic rings. The van der Waals surface area contributed by atoms with Crippen molar-refractivity contribution in [3.8, 4) is 11.3 Å². The Morgan fingerprint density at radius 3 is 2.60 bits per heavy atom. The molecule has 106 valence electrons. The summed E-state index contributed by atoms with van der Waals surface area (Å²) in [4.78, 5) is 12.1. The summed E-state index contributed by atoms with van der Waals surface area (Å²) in [6, 6.07) is 9.15. The van der Waals surface area contributed by atoms with E-state index >= 15 is 0 Å². The Balaban J connectivity index is 2.47. The molecule has 1 heterocycles. The lowest BCUT2D eigenvalue weighted by Gasteiger charge is -2.09. The second kappa shape index (κ2) is 6.68. The summed E-state index contributed by atoms with van der Waals surface area (Å²) in [6.45, 7) is 2.91. The van der Waals surface area contributed by atoms with Gasteiger partial charge in [-0.3, -0.25) is 4.79 Å². The van der Waals surface area contributed by atoms with E-state index in [0.717, 1.165) is 24.1 Å². The molecule has 0 bridgehead atoms. The lowest BCUT2D eigenvalue weighted by atomic mass is 10.1. The van der Waals surface area contributed by atoms with Crippen molar-refractivity contribution >= 4 is 11.6 Å². The highest BCUT2D eigenvalue weighted by molar-refractivity contribution is 6.30. The number of rotatable bonds is 5. The van der Waals surface area contributed by atoms with E-state index in [1.807, 2.05) is 24.3 Å². The molecule has 2 rings (SSSR count). The maximum Gasteiger partial charge on any atom is 0.271 e. The van der Waals surface area contributed by atoms with Crippen molar-refractivity contribution in [2.45, 2.75) is 32.9 Å². The van der Waals surface area contributed by atoms with Gasteiger partial charge in [0, 0.05) is 29.2 Å². The molecule has 20 heavy (non-hydrogen) atoms. The first-order chi connectivity index (χ1) is 9.65. The summed E-state index contributed by atoms with van der Waals surface area (Å²) in [5, 5.41) is 5.10. The first-order valence-corrected chi connectivity index (χ1v) is 7.10. The summed E-state index contributed by atoms with van der Waals surface area (Å²) in [5.41, 5.74) is 7.82. The average Bonchev–Trinajstić information content (AvgIpc) is 2.47. The summed E-state index contributed by atoms with van der Waals surface area (Å²) in [7, 11) is 0. The highest BCUT2D eigenvalue weighted by Gasteiger charge is 2.08. The molecular formula is C15H18ClN3O. The molecule has 0 amide bonds. The van der Waals surface area contributed by atoms with Crippen molar-refractivity contribution in [3.05, 3.63) is 51.3 Å². The summed E-state index contributed by atoms with van der Waals surface area (Å²) >= 11 is 5.89. The molecule has 2 N–H and O–H groups in total. The molecule has 0 unspecified atom stereocenters. The number of benzene rings is 1. The molecule has 0 radical (unpaired) electrons. The molecule has 0 saturated heterocycles. The zero-order chi connectivity index (χ0) is 14.5. The molecule has 0 atom stereocenters. The van der Waals surface area contributed by atoms with Gasteiger partial charge in [0.2, 0.25) is 0 Å². The third-order valence-electron chi connectivity index (χ3n) is 3.13. The maximum atomic E-state index is 12.1. The normalized spacial score (nSPS) is 10.8. The average molecular weight is 292 g/mol. The molecule has 4 nitrogen and oxygen atoms in total. The van der Waals surface area contributed by atoms with Crippen LogP contribution in [-0.4, -0.2) is 9.78 Å². The zero-order valence-electron chi connectivity index (χ0n) is 11.5. The smallest absolute Gasteiger partial charge is 0.271 e. The molecule has 1 aromatic heterocycles. The first-order valence-electron chi connectivity index (χ1n) is 6.72. The maximum absolute atomic E-state index is 12.1. The number of halogens is 1. The van der Waals surface area contributed by atoms with Crippen LogP contribution in [0.5, 0.6) is 0 Å². The summed E-state index contributed by atoms with van der Waals surface area (Å²) in [6.07, 6.45) is 1.93. The number of aryl methyl sites for hydroxylation is 1. The van der Waals surface area contributed by atoms with E-state index in [-0.39, 0.29) is 12.1 Å². The third kappa shape index (κ3) is 3.26. The van der Waals surface area contributed by atoms with Crippen molar-refractivity contribution < 1.29 is 0 Å². The van der Waals surface area contributed by atoms with Gasteiger partial charge >= 0.3 is 0 Å². The predicted molar refractivity (Wildman–Crippen MR) is 81.7 cm³/mol. The van der Waals surface area contributed by atoms with Crippen molar-refractivity contribution in [2.24, 2.45) is 5.73 Å². The van der Waals surface area contributed by atoms with E-state index in [1.54, 1.807) is 6.07 Å². The van der Waals surface area contributed by atoms with Gasteiger partial charge in [0.1, 0.15) is 0 Å². The second-order valence-electron chi connectivity index (χ2n) is 4.65. The standard InChI is InChI=1S/C15H18ClN3O/c1-2-3-8-19-15(20)12(10-17)9-14(18-19)11-4-6-13(16)7-5-11/h4-7,9H,2-3,8,10,17H2,1H3. The third-order valence-corrected chi connectivity index (χ3v) is 3.38. The van der Waals surface area contributed by atoms with Crippen LogP contribution in [-0.2, 0) is 13.1 Å². The lowest BCUT2D eigenvalue weighted by Crippen LogP contribution is -2.28. The number of hydrogen-bond donors (Lipinski definition) is 1. The van der Waals surface area contributed by atoms with Crippen molar-refractivity contribution in [3.63, 3.8) is 0 Å². The number of aromatic nitrogens is 2. The van der Waals surface area contributed by atoms with Gasteiger partial charge in [0.15, 0.2) is 0 Å². The quantitative estimate of drug-likeness (QED) is 0.921. The highest BCUT2D eigenvalue weighted by Crippen LogP contribution is 2.19. The lowest BCUT2D eigenvalue weighted by molar-refractivity contribution is 0.540. The number of nitrogens with two attached hydrogens (primary N) is 1. The minimum absolute atomic E-state index is 0.0985. The summed E-state index contributed by atoms with van der Waals surface area (Å²) < 4.78 is 1.51. The van der Waals surface area contributed by atoms with Gasteiger partial charge in [-0.15, -0.1) is 0 Å². The molecule has 1 aromatic carbocycles. The van der Waals surface area contributed by atoms with Gasteiger partial charge in [0.25, 0.3) is 5.56 Å². The van der Waals surface area contributed by atoms with Crippen LogP contribution >= 0.6 is 11.6 Å². The first kappa shape index (κ1) is 14.8. The SMILES string of the molecule is CCCCn1nc(-c2ccc(Cl)cc2)cc(CN)c1=O. The molecule has 0 aliphatic heterocycles. The molecule has 0 aliphatic rings. The zero-order valence-corrected chi connectivity index (χ0v) is 12.2. The van der Waals surface area contributed by atoms with Crippen LogP contribution in [0, 0.1) is 0 Å². The van der Waals surface area contributed by atoms with E-state index < -0.39 is 0 Å². The van der Waals surface area contributed by atoms with E-state index in [1.165, 1.54) is 4.68 Å². The van der Waals surface area contributed by atoms with Crippen molar-refractivity contribution in [1.82, 2.24) is 9.78 Å². The fraction of sp³-hybridized carbons (Fsp3) is 0.333. The van der Waals surface area contributed by atoms with Crippen LogP contribution < -0.4 is 11.3 Å². The van der Waals surface area contributed by atoms with E-state index in [9.17, 15) is 4.79 Å². The Morgan fingerprint density at radius 1 is 1.30 bits per heavy atom. The Morgan fingerprint density at radius 2 is 2.00 bits per heavy atom.